The van der Waals surface area contributed by atoms with Crippen LogP contribution in [0.15, 0.2) is 24.3 Å². The van der Waals surface area contributed by atoms with E-state index in [1.54, 1.807) is 12.1 Å². The maximum Gasteiger partial charge on any atom is 0.178 e. The third-order valence-corrected chi connectivity index (χ3v) is 2.97. The topological polar surface area (TPSA) is 19.9 Å². The predicted octanol–water partition coefficient (Wildman–Crippen LogP) is 5.12. The Hall–Kier alpha value is -0.980. The van der Waals surface area contributed by atoms with Crippen LogP contribution in [0.2, 0.25) is 0 Å². The van der Waals surface area contributed by atoms with E-state index in [1.165, 1.54) is 50.5 Å². The van der Waals surface area contributed by atoms with Crippen molar-refractivity contribution >= 4 is 0 Å². The third kappa shape index (κ3) is 5.79. The first-order valence-electron chi connectivity index (χ1n) is 6.59. The Morgan fingerprint density at radius 3 is 2.31 bits per heavy atom. The van der Waals surface area contributed by atoms with E-state index >= 15 is 0 Å². The molecular weight excluding hydrogens is 196 g/mol. The van der Waals surface area contributed by atoms with E-state index in [0.717, 1.165) is 6.42 Å². The summed E-state index contributed by atoms with van der Waals surface area (Å²) in [5.74, 6) is 0.139. The zero-order valence-electron chi connectivity index (χ0n) is 10.4. The SMILES string of the molecule is CCCCCCCCCc1cccc([O])c1. The first-order chi connectivity index (χ1) is 7.83. The van der Waals surface area contributed by atoms with Crippen molar-refractivity contribution in [3.05, 3.63) is 29.8 Å². The molecule has 0 amide bonds. The van der Waals surface area contributed by atoms with Crippen molar-refractivity contribution in [2.24, 2.45) is 0 Å². The van der Waals surface area contributed by atoms with Crippen LogP contribution in [0.25, 0.3) is 0 Å². The minimum absolute atomic E-state index is 0.139. The molecule has 1 aromatic rings. The van der Waals surface area contributed by atoms with Crippen molar-refractivity contribution in [2.45, 2.75) is 58.3 Å². The fourth-order valence-electron chi connectivity index (χ4n) is 1.99. The van der Waals surface area contributed by atoms with Crippen LogP contribution < -0.4 is 0 Å². The number of unbranched alkanes of at least 4 members (excludes halogenated alkanes) is 6. The van der Waals surface area contributed by atoms with Gasteiger partial charge < -0.3 is 0 Å². The van der Waals surface area contributed by atoms with Crippen LogP contribution in [0.3, 0.4) is 0 Å². The average molecular weight is 219 g/mol. The van der Waals surface area contributed by atoms with Gasteiger partial charge in [0.2, 0.25) is 0 Å². The summed E-state index contributed by atoms with van der Waals surface area (Å²) < 4.78 is 0. The molecule has 0 aliphatic heterocycles. The van der Waals surface area contributed by atoms with E-state index in [-0.39, 0.29) is 5.75 Å². The summed E-state index contributed by atoms with van der Waals surface area (Å²) in [4.78, 5) is 0. The molecular formula is C15H23O. The van der Waals surface area contributed by atoms with Crippen molar-refractivity contribution in [1.29, 1.82) is 0 Å². The molecule has 0 N–H and O–H groups in total. The smallest absolute Gasteiger partial charge is 0.178 e. The van der Waals surface area contributed by atoms with Crippen molar-refractivity contribution in [2.75, 3.05) is 0 Å². The van der Waals surface area contributed by atoms with Gasteiger partial charge in [-0.3, -0.25) is 5.11 Å². The van der Waals surface area contributed by atoms with Gasteiger partial charge in [0.05, 0.1) is 0 Å². The highest BCUT2D eigenvalue weighted by molar-refractivity contribution is 5.26. The Morgan fingerprint density at radius 1 is 0.938 bits per heavy atom. The fraction of sp³-hybridized carbons (Fsp3) is 0.600. The van der Waals surface area contributed by atoms with Crippen LogP contribution in [0, 0.1) is 0 Å². The van der Waals surface area contributed by atoms with E-state index in [0.29, 0.717) is 0 Å². The molecule has 0 unspecified atom stereocenters. The van der Waals surface area contributed by atoms with Gasteiger partial charge in [0.25, 0.3) is 0 Å². The molecule has 0 atom stereocenters. The van der Waals surface area contributed by atoms with Gasteiger partial charge in [0.1, 0.15) is 0 Å². The van der Waals surface area contributed by atoms with Crippen LogP contribution in [-0.4, -0.2) is 0 Å². The zero-order valence-corrected chi connectivity index (χ0v) is 10.4. The predicted molar refractivity (Wildman–Crippen MR) is 68.3 cm³/mol. The number of aryl methyl sites for hydroxylation is 1. The number of benzene rings is 1. The van der Waals surface area contributed by atoms with Gasteiger partial charge in [-0.05, 0) is 30.5 Å². The van der Waals surface area contributed by atoms with Crippen LogP contribution >= 0.6 is 0 Å². The van der Waals surface area contributed by atoms with Crippen LogP contribution in [-0.2, 0) is 11.5 Å². The molecule has 0 saturated heterocycles. The standard InChI is InChI=1S/C15H23O/c1-2-3-4-5-6-7-8-10-14-11-9-12-15(16)13-14/h9,11-13H,2-8,10H2,1H3. The van der Waals surface area contributed by atoms with Crippen LogP contribution in [0.5, 0.6) is 5.75 Å². The van der Waals surface area contributed by atoms with Crippen molar-refractivity contribution < 1.29 is 5.11 Å². The lowest BCUT2D eigenvalue weighted by atomic mass is 10.0. The van der Waals surface area contributed by atoms with E-state index < -0.39 is 0 Å². The summed E-state index contributed by atoms with van der Waals surface area (Å²) in [7, 11) is 0. The normalized spacial score (nSPS) is 10.6. The quantitative estimate of drug-likeness (QED) is 0.540. The van der Waals surface area contributed by atoms with Gasteiger partial charge in [-0.1, -0.05) is 57.6 Å². The lowest BCUT2D eigenvalue weighted by Gasteiger charge is -2.02. The minimum atomic E-state index is 0.139. The lowest BCUT2D eigenvalue weighted by molar-refractivity contribution is 0.354. The summed E-state index contributed by atoms with van der Waals surface area (Å²) >= 11 is 0. The summed E-state index contributed by atoms with van der Waals surface area (Å²) in [6, 6.07) is 7.29. The van der Waals surface area contributed by atoms with E-state index in [9.17, 15) is 5.11 Å². The Labute approximate surface area is 99.5 Å². The molecule has 1 radical (unpaired) electrons. The number of hydrogen-bond donors (Lipinski definition) is 0. The summed E-state index contributed by atoms with van der Waals surface area (Å²) in [5.41, 5.74) is 1.20. The second kappa shape index (κ2) is 8.20. The molecule has 0 fully saturated rings. The van der Waals surface area contributed by atoms with Gasteiger partial charge in [-0.2, -0.15) is 0 Å². The molecule has 16 heavy (non-hydrogen) atoms. The molecule has 1 heteroatoms. The van der Waals surface area contributed by atoms with Gasteiger partial charge in [-0.25, -0.2) is 0 Å². The first kappa shape index (κ1) is 13.1. The Bertz CT molecular complexity index is 281. The van der Waals surface area contributed by atoms with Crippen molar-refractivity contribution in [3.63, 3.8) is 0 Å². The number of hydrogen-bond acceptors (Lipinski definition) is 0. The first-order valence-corrected chi connectivity index (χ1v) is 6.59. The maximum atomic E-state index is 11.1. The van der Waals surface area contributed by atoms with Crippen molar-refractivity contribution in [3.8, 4) is 5.75 Å². The second-order valence-electron chi connectivity index (χ2n) is 4.52. The molecule has 0 bridgehead atoms. The molecule has 89 valence electrons. The lowest BCUT2D eigenvalue weighted by Crippen LogP contribution is -1.85. The molecule has 0 spiro atoms. The molecule has 0 heterocycles. The summed E-state index contributed by atoms with van der Waals surface area (Å²) in [5, 5.41) is 11.1. The molecule has 0 aliphatic carbocycles. The van der Waals surface area contributed by atoms with Gasteiger partial charge in [0, 0.05) is 0 Å². The van der Waals surface area contributed by atoms with E-state index in [1.807, 2.05) is 6.07 Å². The highest BCUT2D eigenvalue weighted by atomic mass is 16.3. The van der Waals surface area contributed by atoms with Crippen LogP contribution in [0.4, 0.5) is 0 Å². The monoisotopic (exact) mass is 219 g/mol. The Morgan fingerprint density at radius 2 is 1.62 bits per heavy atom. The summed E-state index contributed by atoms with van der Waals surface area (Å²) in [6.07, 6.45) is 10.4. The molecule has 0 aliphatic rings. The molecule has 0 saturated carbocycles. The zero-order chi connectivity index (χ0) is 11.6. The van der Waals surface area contributed by atoms with E-state index in [4.69, 9.17) is 0 Å². The Kier molecular flexibility index (Phi) is 6.71. The fourth-order valence-corrected chi connectivity index (χ4v) is 1.99. The average Bonchev–Trinajstić information content (AvgIpc) is 2.28. The second-order valence-corrected chi connectivity index (χ2v) is 4.52. The highest BCUT2D eigenvalue weighted by Crippen LogP contribution is 2.15. The maximum absolute atomic E-state index is 11.1. The molecule has 0 aromatic heterocycles. The number of rotatable bonds is 8. The minimum Gasteiger partial charge on any atom is -0.290 e. The van der Waals surface area contributed by atoms with Gasteiger partial charge >= 0.3 is 0 Å². The van der Waals surface area contributed by atoms with Crippen LogP contribution in [0.1, 0.15) is 57.4 Å². The molecule has 1 nitrogen and oxygen atoms in total. The third-order valence-electron chi connectivity index (χ3n) is 2.97. The molecule has 1 aromatic carbocycles. The van der Waals surface area contributed by atoms with Gasteiger partial charge in [-0.15, -0.1) is 0 Å². The van der Waals surface area contributed by atoms with Crippen molar-refractivity contribution in [1.82, 2.24) is 0 Å². The van der Waals surface area contributed by atoms with E-state index in [2.05, 4.69) is 13.0 Å². The Balaban J connectivity index is 2.03. The highest BCUT2D eigenvalue weighted by Gasteiger charge is 1.96. The van der Waals surface area contributed by atoms with Gasteiger partial charge in [0.15, 0.2) is 5.75 Å². The molecule has 1 rings (SSSR count). The largest absolute Gasteiger partial charge is 0.290 e. The summed E-state index contributed by atoms with van der Waals surface area (Å²) in [6.45, 7) is 2.25.